The molecule has 0 bridgehead atoms. The summed E-state index contributed by atoms with van der Waals surface area (Å²) in [6.45, 7) is 2.44. The number of rotatable bonds is 4. The third-order valence-corrected chi connectivity index (χ3v) is 5.02. The number of aromatic nitrogens is 2. The van der Waals surface area contributed by atoms with Gasteiger partial charge in [0.2, 0.25) is 5.95 Å². The Hall–Kier alpha value is -3.16. The lowest BCUT2D eigenvalue weighted by Crippen LogP contribution is -2.50. The highest BCUT2D eigenvalue weighted by molar-refractivity contribution is 5.82. The molecule has 1 aromatic carbocycles. The average Bonchev–Trinajstić information content (AvgIpc) is 2.77. The van der Waals surface area contributed by atoms with E-state index in [0.717, 1.165) is 11.3 Å². The number of benzene rings is 1. The third kappa shape index (κ3) is 4.05. The number of piperazine rings is 1. The molecule has 2 aliphatic rings. The van der Waals surface area contributed by atoms with Gasteiger partial charge in [-0.25, -0.2) is 9.97 Å². The van der Waals surface area contributed by atoms with Crippen molar-refractivity contribution in [3.05, 3.63) is 48.3 Å². The lowest BCUT2D eigenvalue weighted by atomic mass is 9.97. The number of ether oxygens (including phenoxy) is 2. The molecule has 146 valence electrons. The molecule has 8 nitrogen and oxygen atoms in total. The second-order valence-corrected chi connectivity index (χ2v) is 6.84. The molecule has 8 heteroatoms. The molecule has 1 atom stereocenters. The summed E-state index contributed by atoms with van der Waals surface area (Å²) >= 11 is 0. The van der Waals surface area contributed by atoms with Crippen LogP contribution < -0.4 is 9.64 Å². The molecule has 1 amide bonds. The molecule has 3 heterocycles. The van der Waals surface area contributed by atoms with Crippen LogP contribution in [0.1, 0.15) is 5.56 Å². The smallest absolute Gasteiger partial charge is 0.313 e. The topological polar surface area (TPSA) is 84.9 Å². The van der Waals surface area contributed by atoms with Gasteiger partial charge in [-0.1, -0.05) is 18.2 Å². The number of hydrogen-bond acceptors (Lipinski definition) is 7. The Labute approximate surface area is 163 Å². The van der Waals surface area contributed by atoms with Crippen molar-refractivity contribution < 1.29 is 19.1 Å². The Morgan fingerprint density at radius 1 is 1.07 bits per heavy atom. The minimum Gasteiger partial charge on any atom is -0.492 e. The fraction of sp³-hybridized carbons (Fsp3) is 0.400. The van der Waals surface area contributed by atoms with E-state index >= 15 is 0 Å². The Kier molecular flexibility index (Phi) is 5.36. The number of esters is 1. The Bertz CT molecular complexity index is 837. The summed E-state index contributed by atoms with van der Waals surface area (Å²) in [7, 11) is 0. The maximum atomic E-state index is 12.4. The van der Waals surface area contributed by atoms with Crippen LogP contribution in [0.5, 0.6) is 5.75 Å². The molecule has 4 rings (SSSR count). The summed E-state index contributed by atoms with van der Waals surface area (Å²) in [5.41, 5.74) is 0.987. The molecule has 1 aromatic heterocycles. The predicted octanol–water partition coefficient (Wildman–Crippen LogP) is 0.920. The van der Waals surface area contributed by atoms with Gasteiger partial charge < -0.3 is 19.3 Å². The number of anilines is 1. The van der Waals surface area contributed by atoms with Crippen LogP contribution in [0.4, 0.5) is 5.95 Å². The summed E-state index contributed by atoms with van der Waals surface area (Å²) in [5, 5.41) is 0. The van der Waals surface area contributed by atoms with Crippen LogP contribution in [0.2, 0.25) is 0 Å². The van der Waals surface area contributed by atoms with E-state index in [1.54, 1.807) is 23.4 Å². The number of hydrogen-bond donors (Lipinski definition) is 0. The highest BCUT2D eigenvalue weighted by atomic mass is 16.5. The molecule has 0 radical (unpaired) electrons. The van der Waals surface area contributed by atoms with Crippen LogP contribution >= 0.6 is 0 Å². The van der Waals surface area contributed by atoms with Crippen molar-refractivity contribution in [3.63, 3.8) is 0 Å². The van der Waals surface area contributed by atoms with E-state index in [9.17, 15) is 9.59 Å². The largest absolute Gasteiger partial charge is 0.492 e. The summed E-state index contributed by atoms with van der Waals surface area (Å²) in [6.07, 6.45) is 3.97. The van der Waals surface area contributed by atoms with Gasteiger partial charge in [0.15, 0.2) is 6.61 Å². The Morgan fingerprint density at radius 2 is 1.82 bits per heavy atom. The number of carbonyl (C=O) groups is 2. The van der Waals surface area contributed by atoms with Crippen LogP contribution in [0.3, 0.4) is 0 Å². The van der Waals surface area contributed by atoms with Gasteiger partial charge in [-0.3, -0.25) is 9.59 Å². The van der Waals surface area contributed by atoms with E-state index in [1.807, 2.05) is 29.2 Å². The summed E-state index contributed by atoms with van der Waals surface area (Å²) in [5.74, 6) is 0.523. The van der Waals surface area contributed by atoms with Crippen LogP contribution in [0.15, 0.2) is 42.7 Å². The first-order valence-electron chi connectivity index (χ1n) is 9.38. The molecule has 0 spiro atoms. The molecule has 0 unspecified atom stereocenters. The zero-order chi connectivity index (χ0) is 19.3. The second-order valence-electron chi connectivity index (χ2n) is 6.84. The molecule has 2 aromatic rings. The Balaban J connectivity index is 1.23. The van der Waals surface area contributed by atoms with E-state index in [-0.39, 0.29) is 31.0 Å². The van der Waals surface area contributed by atoms with Crippen molar-refractivity contribution in [1.82, 2.24) is 14.9 Å². The molecular formula is C20H22N4O4. The minimum absolute atomic E-state index is 0.181. The van der Waals surface area contributed by atoms with E-state index in [0.29, 0.717) is 38.5 Å². The van der Waals surface area contributed by atoms with Crippen molar-refractivity contribution in [1.29, 1.82) is 0 Å². The quantitative estimate of drug-likeness (QED) is 0.727. The van der Waals surface area contributed by atoms with Gasteiger partial charge in [-0.15, -0.1) is 0 Å². The number of nitrogens with zero attached hydrogens (tertiary/aromatic N) is 4. The van der Waals surface area contributed by atoms with E-state index < -0.39 is 0 Å². The fourth-order valence-electron chi connectivity index (χ4n) is 3.43. The van der Waals surface area contributed by atoms with Gasteiger partial charge in [-0.2, -0.15) is 0 Å². The summed E-state index contributed by atoms with van der Waals surface area (Å²) in [6, 6.07) is 9.42. The normalized spacial score (nSPS) is 18.8. The van der Waals surface area contributed by atoms with Crippen molar-refractivity contribution in [3.8, 4) is 5.75 Å². The molecular weight excluding hydrogens is 360 g/mol. The minimum atomic E-state index is -0.390. The highest BCUT2D eigenvalue weighted by Crippen LogP contribution is 2.27. The monoisotopic (exact) mass is 382 g/mol. The SMILES string of the molecule is O=C(OCC(=O)N1CCN(c2ncccn2)CC1)[C@@H]1COc2ccccc2C1. The summed E-state index contributed by atoms with van der Waals surface area (Å²) < 4.78 is 10.9. The Morgan fingerprint density at radius 3 is 2.61 bits per heavy atom. The number of fused-ring (bicyclic) bond motifs is 1. The van der Waals surface area contributed by atoms with Crippen molar-refractivity contribution >= 4 is 17.8 Å². The summed E-state index contributed by atoms with van der Waals surface area (Å²) in [4.78, 5) is 36.9. The maximum absolute atomic E-state index is 12.4. The highest BCUT2D eigenvalue weighted by Gasteiger charge is 2.29. The van der Waals surface area contributed by atoms with Gasteiger partial charge in [0.25, 0.3) is 5.91 Å². The van der Waals surface area contributed by atoms with Crippen molar-refractivity contribution in [2.24, 2.45) is 5.92 Å². The second kappa shape index (κ2) is 8.24. The average molecular weight is 382 g/mol. The molecule has 28 heavy (non-hydrogen) atoms. The van der Waals surface area contributed by atoms with Crippen LogP contribution in [-0.4, -0.2) is 66.1 Å². The molecule has 2 aliphatic heterocycles. The van der Waals surface area contributed by atoms with Crippen LogP contribution in [0.25, 0.3) is 0 Å². The number of para-hydroxylation sites is 1. The van der Waals surface area contributed by atoms with Gasteiger partial charge in [0.1, 0.15) is 12.4 Å². The molecule has 0 aliphatic carbocycles. The van der Waals surface area contributed by atoms with Crippen molar-refractivity contribution in [2.45, 2.75) is 6.42 Å². The van der Waals surface area contributed by atoms with Crippen LogP contribution in [-0.2, 0) is 20.7 Å². The van der Waals surface area contributed by atoms with Gasteiger partial charge in [0, 0.05) is 38.6 Å². The fourth-order valence-corrected chi connectivity index (χ4v) is 3.43. The standard InChI is InChI=1S/C20H22N4O4/c25-18(23-8-10-24(11-9-23)20-21-6-3-7-22-20)14-28-19(26)16-12-15-4-1-2-5-17(15)27-13-16/h1-7,16H,8-14H2/t16-/m0/s1. The zero-order valence-electron chi connectivity index (χ0n) is 15.5. The van der Waals surface area contributed by atoms with Gasteiger partial charge >= 0.3 is 5.97 Å². The predicted molar refractivity (Wildman–Crippen MR) is 101 cm³/mol. The maximum Gasteiger partial charge on any atom is 0.313 e. The first-order chi connectivity index (χ1) is 13.7. The molecule has 0 saturated carbocycles. The lowest BCUT2D eigenvalue weighted by molar-refractivity contribution is -0.156. The third-order valence-electron chi connectivity index (χ3n) is 5.02. The van der Waals surface area contributed by atoms with E-state index in [2.05, 4.69) is 9.97 Å². The molecule has 1 fully saturated rings. The van der Waals surface area contributed by atoms with Crippen LogP contribution in [0, 0.1) is 5.92 Å². The first kappa shape index (κ1) is 18.2. The number of carbonyl (C=O) groups excluding carboxylic acids is 2. The lowest BCUT2D eigenvalue weighted by Gasteiger charge is -2.34. The zero-order valence-corrected chi connectivity index (χ0v) is 15.5. The molecule has 0 N–H and O–H groups in total. The first-order valence-corrected chi connectivity index (χ1v) is 9.38. The van der Waals surface area contributed by atoms with E-state index in [1.165, 1.54) is 0 Å². The van der Waals surface area contributed by atoms with Gasteiger partial charge in [0.05, 0.1) is 5.92 Å². The molecule has 1 saturated heterocycles. The van der Waals surface area contributed by atoms with Crippen molar-refractivity contribution in [2.75, 3.05) is 44.3 Å². The van der Waals surface area contributed by atoms with Gasteiger partial charge in [-0.05, 0) is 24.1 Å². The van der Waals surface area contributed by atoms with E-state index in [4.69, 9.17) is 9.47 Å². The number of amides is 1.